The van der Waals surface area contributed by atoms with Crippen molar-refractivity contribution in [2.45, 2.75) is 43.9 Å². The molecule has 32 heavy (non-hydrogen) atoms. The molecule has 0 bridgehead atoms. The maximum Gasteiger partial charge on any atom is 0.237 e. The Hall–Kier alpha value is -2.31. The number of carbonyl (C=O) groups is 2. The van der Waals surface area contributed by atoms with Crippen LogP contribution in [0.1, 0.15) is 36.8 Å². The molecular weight excluding hydrogens is 418 g/mol. The number of carbonyl (C=O) groups excluding carboxylic acids is 2. The summed E-state index contributed by atoms with van der Waals surface area (Å²) in [6.45, 7) is 4.01. The topological polar surface area (TPSA) is 61.4 Å². The van der Waals surface area contributed by atoms with Gasteiger partial charge in [0.05, 0.1) is 11.0 Å². The maximum atomic E-state index is 12.5. The first-order valence-electron chi connectivity index (χ1n) is 11.7. The number of hydrogen-bond donors (Lipinski definition) is 2. The van der Waals surface area contributed by atoms with Crippen LogP contribution in [0.2, 0.25) is 0 Å². The Morgan fingerprint density at radius 3 is 2.59 bits per heavy atom. The second kappa shape index (κ2) is 11.5. The minimum Gasteiger partial charge on any atom is -0.355 e. The van der Waals surface area contributed by atoms with Gasteiger partial charge in [-0.05, 0) is 68.3 Å². The number of fused-ring (bicyclic) bond motifs is 1. The summed E-state index contributed by atoms with van der Waals surface area (Å²) in [4.78, 5) is 27.3. The summed E-state index contributed by atoms with van der Waals surface area (Å²) in [5.74, 6) is 1.06. The molecule has 2 N–H and O–H groups in total. The lowest BCUT2D eigenvalue weighted by molar-refractivity contribution is -0.118. The average molecular weight is 452 g/mol. The Bertz CT molecular complexity index is 897. The molecule has 2 aromatic rings. The molecular formula is C26H33N3O2S. The molecule has 170 valence electrons. The van der Waals surface area contributed by atoms with E-state index in [9.17, 15) is 9.59 Å². The minimum absolute atomic E-state index is 0.00927. The van der Waals surface area contributed by atoms with Gasteiger partial charge in [-0.1, -0.05) is 48.5 Å². The summed E-state index contributed by atoms with van der Waals surface area (Å²) in [6, 6.07) is 18.6. The van der Waals surface area contributed by atoms with Crippen LogP contribution >= 0.6 is 11.8 Å². The van der Waals surface area contributed by atoms with Gasteiger partial charge in [0, 0.05) is 18.8 Å². The summed E-state index contributed by atoms with van der Waals surface area (Å²) in [6.07, 6.45) is 5.05. The Morgan fingerprint density at radius 2 is 1.78 bits per heavy atom. The Kier molecular flexibility index (Phi) is 8.24. The van der Waals surface area contributed by atoms with Gasteiger partial charge in [0.15, 0.2) is 0 Å². The smallest absolute Gasteiger partial charge is 0.237 e. The molecule has 0 aromatic heterocycles. The number of aryl methyl sites for hydroxylation is 1. The van der Waals surface area contributed by atoms with E-state index in [-0.39, 0.29) is 17.1 Å². The highest BCUT2D eigenvalue weighted by Crippen LogP contribution is 2.27. The van der Waals surface area contributed by atoms with Crippen molar-refractivity contribution in [2.24, 2.45) is 5.92 Å². The van der Waals surface area contributed by atoms with Gasteiger partial charge in [-0.15, -0.1) is 11.8 Å². The number of nitrogens with zero attached hydrogens (tertiary/aromatic N) is 1. The minimum atomic E-state index is -0.179. The highest BCUT2D eigenvalue weighted by Gasteiger charge is 2.25. The third kappa shape index (κ3) is 6.59. The second-order valence-electron chi connectivity index (χ2n) is 8.83. The molecule has 1 unspecified atom stereocenters. The second-order valence-corrected chi connectivity index (χ2v) is 10.0. The van der Waals surface area contributed by atoms with E-state index in [4.69, 9.17) is 0 Å². The average Bonchev–Trinajstić information content (AvgIpc) is 2.97. The molecule has 1 fully saturated rings. The molecule has 2 heterocycles. The van der Waals surface area contributed by atoms with Crippen molar-refractivity contribution in [2.75, 3.05) is 30.7 Å². The zero-order chi connectivity index (χ0) is 22.2. The first-order valence-corrected chi connectivity index (χ1v) is 12.8. The van der Waals surface area contributed by atoms with E-state index in [2.05, 4.69) is 51.9 Å². The van der Waals surface area contributed by atoms with Crippen LogP contribution in [0.15, 0.2) is 54.6 Å². The lowest BCUT2D eigenvalue weighted by atomic mass is 9.93. The van der Waals surface area contributed by atoms with Crippen molar-refractivity contribution in [1.29, 1.82) is 0 Å². The van der Waals surface area contributed by atoms with Crippen LogP contribution in [0, 0.1) is 5.92 Å². The SMILES string of the molecule is O=C(CSC1CCc2ccccc2NC1=O)NCCC1CCN(Cc2ccccc2)CC1. The fraction of sp³-hybridized carbons (Fsp3) is 0.462. The van der Waals surface area contributed by atoms with Gasteiger partial charge < -0.3 is 10.6 Å². The molecule has 1 saturated heterocycles. The fourth-order valence-electron chi connectivity index (χ4n) is 4.57. The van der Waals surface area contributed by atoms with Crippen LogP contribution in [0.3, 0.4) is 0 Å². The Labute approximate surface area is 195 Å². The first kappa shape index (κ1) is 22.9. The third-order valence-corrected chi connectivity index (χ3v) is 7.77. The predicted octanol–water partition coefficient (Wildman–Crippen LogP) is 4.09. The molecule has 4 rings (SSSR count). The molecule has 0 spiro atoms. The normalized spacial score (nSPS) is 19.6. The predicted molar refractivity (Wildman–Crippen MR) is 132 cm³/mol. The molecule has 0 radical (unpaired) electrons. The first-order chi connectivity index (χ1) is 15.7. The largest absolute Gasteiger partial charge is 0.355 e. The molecule has 0 aliphatic carbocycles. The van der Waals surface area contributed by atoms with Crippen molar-refractivity contribution in [3.63, 3.8) is 0 Å². The van der Waals surface area contributed by atoms with E-state index in [1.165, 1.54) is 35.7 Å². The molecule has 6 heteroatoms. The van der Waals surface area contributed by atoms with Crippen molar-refractivity contribution >= 4 is 29.3 Å². The number of nitrogens with one attached hydrogen (secondary N) is 2. The van der Waals surface area contributed by atoms with Gasteiger partial charge in [-0.25, -0.2) is 0 Å². The number of anilines is 1. The van der Waals surface area contributed by atoms with E-state index < -0.39 is 0 Å². The fourth-order valence-corrected chi connectivity index (χ4v) is 5.52. The number of piperidine rings is 1. The highest BCUT2D eigenvalue weighted by atomic mass is 32.2. The molecule has 2 amide bonds. The standard InChI is InChI=1S/C26H33N3O2S/c30-25(19-32-24-11-10-22-8-4-5-9-23(22)28-26(24)31)27-15-12-20-13-16-29(17-14-20)18-21-6-2-1-3-7-21/h1-9,20,24H,10-19H2,(H,27,30)(H,28,31). The number of para-hydroxylation sites is 1. The number of likely N-dealkylation sites (tertiary alicyclic amines) is 1. The summed E-state index contributed by atoms with van der Waals surface area (Å²) in [5.41, 5.74) is 3.45. The van der Waals surface area contributed by atoms with Gasteiger partial charge in [0.1, 0.15) is 0 Å². The van der Waals surface area contributed by atoms with E-state index in [1.807, 2.05) is 18.2 Å². The molecule has 2 aliphatic rings. The molecule has 5 nitrogen and oxygen atoms in total. The quantitative estimate of drug-likeness (QED) is 0.635. The van der Waals surface area contributed by atoms with E-state index in [0.717, 1.165) is 51.1 Å². The van der Waals surface area contributed by atoms with E-state index >= 15 is 0 Å². The molecule has 0 saturated carbocycles. The lowest BCUT2D eigenvalue weighted by Gasteiger charge is -2.32. The van der Waals surface area contributed by atoms with Crippen LogP contribution in [0.4, 0.5) is 5.69 Å². The van der Waals surface area contributed by atoms with Crippen molar-refractivity contribution in [3.05, 3.63) is 65.7 Å². The summed E-state index contributed by atoms with van der Waals surface area (Å²) in [5, 5.41) is 5.89. The van der Waals surface area contributed by atoms with Crippen LogP contribution in [0.25, 0.3) is 0 Å². The number of amides is 2. The molecule has 2 aliphatic heterocycles. The molecule has 1 atom stereocenters. The highest BCUT2D eigenvalue weighted by molar-refractivity contribution is 8.01. The van der Waals surface area contributed by atoms with Gasteiger partial charge in [-0.2, -0.15) is 0 Å². The van der Waals surface area contributed by atoms with Crippen molar-refractivity contribution in [1.82, 2.24) is 10.2 Å². The number of rotatable bonds is 8. The number of benzene rings is 2. The summed E-state index contributed by atoms with van der Waals surface area (Å²) in [7, 11) is 0. The van der Waals surface area contributed by atoms with E-state index in [0.29, 0.717) is 11.7 Å². The third-order valence-electron chi connectivity index (χ3n) is 6.49. The van der Waals surface area contributed by atoms with Gasteiger partial charge >= 0.3 is 0 Å². The zero-order valence-electron chi connectivity index (χ0n) is 18.6. The number of thioether (sulfide) groups is 1. The number of hydrogen-bond acceptors (Lipinski definition) is 4. The van der Waals surface area contributed by atoms with Gasteiger partial charge in [0.25, 0.3) is 0 Å². The van der Waals surface area contributed by atoms with Crippen LogP contribution in [-0.2, 0) is 22.6 Å². The summed E-state index contributed by atoms with van der Waals surface area (Å²) >= 11 is 1.45. The van der Waals surface area contributed by atoms with E-state index in [1.54, 1.807) is 0 Å². The van der Waals surface area contributed by atoms with Crippen LogP contribution < -0.4 is 10.6 Å². The van der Waals surface area contributed by atoms with Crippen LogP contribution in [-0.4, -0.2) is 47.4 Å². The molecule has 2 aromatic carbocycles. The van der Waals surface area contributed by atoms with Crippen molar-refractivity contribution in [3.8, 4) is 0 Å². The zero-order valence-corrected chi connectivity index (χ0v) is 19.4. The van der Waals surface area contributed by atoms with Gasteiger partial charge in [-0.3, -0.25) is 14.5 Å². The Balaban J connectivity index is 1.10. The van der Waals surface area contributed by atoms with Crippen LogP contribution in [0.5, 0.6) is 0 Å². The lowest BCUT2D eigenvalue weighted by Crippen LogP contribution is -2.35. The van der Waals surface area contributed by atoms with Crippen molar-refractivity contribution < 1.29 is 9.59 Å². The monoisotopic (exact) mass is 451 g/mol. The summed E-state index contributed by atoms with van der Waals surface area (Å²) < 4.78 is 0. The van der Waals surface area contributed by atoms with Gasteiger partial charge in [0.2, 0.25) is 11.8 Å². The Morgan fingerprint density at radius 1 is 1.03 bits per heavy atom. The maximum absolute atomic E-state index is 12.5.